The molecule has 2 atom stereocenters. The summed E-state index contributed by atoms with van der Waals surface area (Å²) in [5, 5.41) is 16.1. The molecule has 0 spiro atoms. The summed E-state index contributed by atoms with van der Waals surface area (Å²) >= 11 is 0. The van der Waals surface area contributed by atoms with E-state index >= 15 is 0 Å². The minimum Gasteiger partial charge on any atom is -0.492 e. The fraction of sp³-hybridized carbons (Fsp3) is 0.579. The van der Waals surface area contributed by atoms with Crippen LogP contribution in [0.2, 0.25) is 0 Å². The Labute approximate surface area is 166 Å². The van der Waals surface area contributed by atoms with Gasteiger partial charge in [0.05, 0.1) is 18.8 Å². The lowest BCUT2D eigenvalue weighted by Crippen LogP contribution is -2.35. The van der Waals surface area contributed by atoms with Crippen LogP contribution in [0.15, 0.2) is 24.3 Å². The predicted octanol–water partition coefficient (Wildman–Crippen LogP) is 2.75. The van der Waals surface area contributed by atoms with Gasteiger partial charge in [0.15, 0.2) is 0 Å². The van der Waals surface area contributed by atoms with E-state index in [-0.39, 0.29) is 11.0 Å². The molecule has 162 valence electrons. The number of hydrogen-bond donors (Lipinski definition) is 2. The molecular weight excluding hydrogens is 395 g/mol. The van der Waals surface area contributed by atoms with Crippen LogP contribution in [-0.2, 0) is 9.53 Å². The summed E-state index contributed by atoms with van der Waals surface area (Å²) in [6.45, 7) is 8.73. The number of alkyl halides is 3. The van der Waals surface area contributed by atoms with Gasteiger partial charge >= 0.3 is 18.1 Å². The Morgan fingerprint density at radius 2 is 1.93 bits per heavy atom. The first-order valence-electron chi connectivity index (χ1n) is 9.00. The highest BCUT2D eigenvalue weighted by molar-refractivity contribution is 5.88. The highest BCUT2D eigenvalue weighted by Gasteiger charge is 2.49. The van der Waals surface area contributed by atoms with Crippen LogP contribution in [0, 0.1) is 11.3 Å². The molecule has 2 heterocycles. The van der Waals surface area contributed by atoms with Crippen molar-refractivity contribution in [3.8, 4) is 5.75 Å². The highest BCUT2D eigenvalue weighted by Crippen LogP contribution is 2.42. The zero-order valence-electron chi connectivity index (χ0n) is 16.1. The van der Waals surface area contributed by atoms with Crippen molar-refractivity contribution in [2.45, 2.75) is 26.1 Å². The zero-order valence-corrected chi connectivity index (χ0v) is 16.1. The third kappa shape index (κ3) is 6.07. The second kappa shape index (κ2) is 9.00. The standard InChI is InChI=1S/C17H23NO4.C2HF3O2/c1-17(2)11-18(15-10-21-9-14(15)17)6-7-22-13-5-3-4-12(8-13)16(19)20;3-2(4,5)1(6)7/h3-5,8,14-15H,6-7,9-11H2,1-2H3,(H,19,20);(H,6,7)/t14-,15+;/m0./s1. The molecule has 0 aromatic heterocycles. The Morgan fingerprint density at radius 3 is 2.52 bits per heavy atom. The van der Waals surface area contributed by atoms with Crippen LogP contribution >= 0.6 is 0 Å². The summed E-state index contributed by atoms with van der Waals surface area (Å²) in [5.41, 5.74) is 0.536. The molecule has 10 heteroatoms. The molecule has 2 saturated heterocycles. The molecule has 0 saturated carbocycles. The molecule has 2 aliphatic heterocycles. The third-order valence-electron chi connectivity index (χ3n) is 5.10. The number of carboxylic acid groups (broad SMARTS) is 2. The zero-order chi connectivity index (χ0) is 21.8. The smallest absolute Gasteiger partial charge is 0.490 e. The minimum atomic E-state index is -5.08. The van der Waals surface area contributed by atoms with Crippen molar-refractivity contribution in [3.63, 3.8) is 0 Å². The van der Waals surface area contributed by atoms with Crippen molar-refractivity contribution in [2.75, 3.05) is 32.9 Å². The number of likely N-dealkylation sites (tertiary alicyclic amines) is 1. The maximum atomic E-state index is 11.0. The summed E-state index contributed by atoms with van der Waals surface area (Å²) in [4.78, 5) is 22.3. The number of carbonyl (C=O) groups is 2. The number of fused-ring (bicyclic) bond motifs is 1. The van der Waals surface area contributed by atoms with Crippen LogP contribution in [0.4, 0.5) is 13.2 Å². The molecular formula is C19H24F3NO6. The Balaban J connectivity index is 0.000000370. The SMILES string of the molecule is CC1(C)CN(CCOc2cccc(C(=O)O)c2)[C@@H]2COC[C@@H]21.O=C(O)C(F)(F)F. The maximum absolute atomic E-state index is 11.0. The first-order valence-corrected chi connectivity index (χ1v) is 9.00. The van der Waals surface area contributed by atoms with Crippen molar-refractivity contribution < 1.29 is 42.4 Å². The van der Waals surface area contributed by atoms with E-state index in [1.165, 1.54) is 0 Å². The van der Waals surface area contributed by atoms with Crippen molar-refractivity contribution in [1.29, 1.82) is 0 Å². The third-order valence-corrected chi connectivity index (χ3v) is 5.10. The lowest BCUT2D eigenvalue weighted by atomic mass is 9.80. The molecule has 1 aromatic rings. The first-order chi connectivity index (χ1) is 13.4. The predicted molar refractivity (Wildman–Crippen MR) is 96.0 cm³/mol. The van der Waals surface area contributed by atoms with Crippen molar-refractivity contribution in [2.24, 2.45) is 11.3 Å². The number of ether oxygens (including phenoxy) is 2. The lowest BCUT2D eigenvalue weighted by molar-refractivity contribution is -0.192. The van der Waals surface area contributed by atoms with E-state index in [1.54, 1.807) is 24.3 Å². The van der Waals surface area contributed by atoms with E-state index in [1.807, 2.05) is 0 Å². The average Bonchev–Trinajstić information content (AvgIpc) is 3.19. The molecule has 2 N–H and O–H groups in total. The van der Waals surface area contributed by atoms with E-state index in [2.05, 4.69) is 18.7 Å². The number of carboxylic acids is 2. The van der Waals surface area contributed by atoms with Gasteiger partial charge in [-0.15, -0.1) is 0 Å². The van der Waals surface area contributed by atoms with E-state index in [9.17, 15) is 18.0 Å². The molecule has 0 bridgehead atoms. The average molecular weight is 419 g/mol. The molecule has 29 heavy (non-hydrogen) atoms. The molecule has 2 fully saturated rings. The van der Waals surface area contributed by atoms with Gasteiger partial charge in [0.25, 0.3) is 0 Å². The first kappa shape index (κ1) is 23.0. The second-order valence-electron chi connectivity index (χ2n) is 7.65. The number of aliphatic carboxylic acids is 1. The van der Waals surface area contributed by atoms with Crippen LogP contribution in [0.5, 0.6) is 5.75 Å². The number of hydrogen-bond acceptors (Lipinski definition) is 5. The monoisotopic (exact) mass is 419 g/mol. The lowest BCUT2D eigenvalue weighted by Gasteiger charge is -2.24. The second-order valence-corrected chi connectivity index (χ2v) is 7.65. The van der Waals surface area contributed by atoms with E-state index in [4.69, 9.17) is 24.5 Å². The largest absolute Gasteiger partial charge is 0.492 e. The summed E-state index contributed by atoms with van der Waals surface area (Å²) in [7, 11) is 0. The molecule has 0 radical (unpaired) electrons. The number of aromatic carboxylic acids is 1. The summed E-state index contributed by atoms with van der Waals surface area (Å²) in [6, 6.07) is 7.13. The topological polar surface area (TPSA) is 96.3 Å². The number of halogens is 3. The summed E-state index contributed by atoms with van der Waals surface area (Å²) in [6.07, 6.45) is -5.08. The Bertz CT molecular complexity index is 737. The van der Waals surface area contributed by atoms with Crippen LogP contribution in [0.3, 0.4) is 0 Å². The van der Waals surface area contributed by atoms with Gasteiger partial charge in [-0.2, -0.15) is 13.2 Å². The molecule has 0 unspecified atom stereocenters. The number of nitrogens with zero attached hydrogens (tertiary/aromatic N) is 1. The maximum Gasteiger partial charge on any atom is 0.490 e. The van der Waals surface area contributed by atoms with Gasteiger partial charge in [0.2, 0.25) is 0 Å². The van der Waals surface area contributed by atoms with Crippen molar-refractivity contribution in [1.82, 2.24) is 4.90 Å². The van der Waals surface area contributed by atoms with Crippen molar-refractivity contribution >= 4 is 11.9 Å². The van der Waals surface area contributed by atoms with Gasteiger partial charge in [-0.25, -0.2) is 9.59 Å². The van der Waals surface area contributed by atoms with Gasteiger partial charge in [-0.3, -0.25) is 4.90 Å². The molecule has 7 nitrogen and oxygen atoms in total. The highest BCUT2D eigenvalue weighted by atomic mass is 19.4. The van der Waals surface area contributed by atoms with E-state index < -0.39 is 18.1 Å². The molecule has 0 amide bonds. The minimum absolute atomic E-state index is 0.254. The quantitative estimate of drug-likeness (QED) is 0.758. The summed E-state index contributed by atoms with van der Waals surface area (Å²) < 4.78 is 43.1. The fourth-order valence-corrected chi connectivity index (χ4v) is 3.65. The Kier molecular flexibility index (Phi) is 7.12. The normalized spacial score (nSPS) is 23.1. The van der Waals surface area contributed by atoms with Gasteiger partial charge in [-0.1, -0.05) is 19.9 Å². The van der Waals surface area contributed by atoms with Gasteiger partial charge < -0.3 is 19.7 Å². The van der Waals surface area contributed by atoms with E-state index in [0.717, 1.165) is 26.3 Å². The summed E-state index contributed by atoms with van der Waals surface area (Å²) in [5.74, 6) is -2.48. The Hall–Kier alpha value is -2.33. The molecule has 2 aliphatic rings. The van der Waals surface area contributed by atoms with Gasteiger partial charge in [0.1, 0.15) is 12.4 Å². The molecule has 3 rings (SSSR count). The number of rotatable bonds is 5. The van der Waals surface area contributed by atoms with E-state index in [0.29, 0.717) is 24.3 Å². The Morgan fingerprint density at radius 1 is 1.28 bits per heavy atom. The van der Waals surface area contributed by atoms with Gasteiger partial charge in [0, 0.05) is 25.0 Å². The molecule has 0 aliphatic carbocycles. The van der Waals surface area contributed by atoms with Crippen LogP contribution < -0.4 is 4.74 Å². The fourth-order valence-electron chi connectivity index (χ4n) is 3.65. The van der Waals surface area contributed by atoms with Gasteiger partial charge in [-0.05, 0) is 23.6 Å². The van der Waals surface area contributed by atoms with Crippen LogP contribution in [0.25, 0.3) is 0 Å². The van der Waals surface area contributed by atoms with Crippen molar-refractivity contribution in [3.05, 3.63) is 29.8 Å². The molecule has 1 aromatic carbocycles. The van der Waals surface area contributed by atoms with Crippen LogP contribution in [0.1, 0.15) is 24.2 Å². The number of benzene rings is 1. The van der Waals surface area contributed by atoms with Crippen LogP contribution in [-0.4, -0.2) is 72.2 Å².